The Morgan fingerprint density at radius 2 is 1.52 bits per heavy atom. The first-order chi connectivity index (χ1) is 13.6. The summed E-state index contributed by atoms with van der Waals surface area (Å²) in [6.45, 7) is 5.13. The van der Waals surface area contributed by atoms with Gasteiger partial charge in [-0.3, -0.25) is 4.90 Å². The molecule has 0 aliphatic carbocycles. The van der Waals surface area contributed by atoms with Crippen molar-refractivity contribution in [2.75, 3.05) is 25.9 Å². The van der Waals surface area contributed by atoms with Crippen LogP contribution in [0.4, 0.5) is 0 Å². The molecular weight excluding hydrogens is 408 g/mol. The molecule has 1 aliphatic heterocycles. The van der Waals surface area contributed by atoms with Crippen molar-refractivity contribution >= 4 is 19.9 Å². The van der Waals surface area contributed by atoms with Gasteiger partial charge in [0, 0.05) is 19.3 Å². The van der Waals surface area contributed by atoms with Crippen LogP contribution in [0.15, 0.2) is 58.3 Å². The zero-order valence-electron chi connectivity index (χ0n) is 16.8. The fourth-order valence-electron chi connectivity index (χ4n) is 3.58. The quantitative estimate of drug-likeness (QED) is 0.721. The van der Waals surface area contributed by atoms with Crippen LogP contribution in [-0.4, -0.2) is 47.6 Å². The van der Waals surface area contributed by atoms with Gasteiger partial charge in [-0.2, -0.15) is 0 Å². The molecule has 2 aromatic rings. The van der Waals surface area contributed by atoms with E-state index in [1.807, 2.05) is 0 Å². The SMILES string of the molecule is Cc1ccc(CN2CCC(CNS(=O)(=O)c3ccccc3S(C)(=O)=O)CC2)cc1. The van der Waals surface area contributed by atoms with Crippen molar-refractivity contribution in [3.05, 3.63) is 59.7 Å². The highest BCUT2D eigenvalue weighted by molar-refractivity contribution is 7.93. The van der Waals surface area contributed by atoms with E-state index < -0.39 is 19.9 Å². The molecule has 29 heavy (non-hydrogen) atoms. The van der Waals surface area contributed by atoms with Crippen LogP contribution in [0.1, 0.15) is 24.0 Å². The molecule has 1 N–H and O–H groups in total. The second-order valence-electron chi connectivity index (χ2n) is 7.78. The molecule has 0 aromatic heterocycles. The first-order valence-electron chi connectivity index (χ1n) is 9.72. The molecule has 1 saturated heterocycles. The predicted molar refractivity (Wildman–Crippen MR) is 114 cm³/mol. The van der Waals surface area contributed by atoms with Gasteiger partial charge in [0.2, 0.25) is 10.0 Å². The van der Waals surface area contributed by atoms with Gasteiger partial charge < -0.3 is 0 Å². The van der Waals surface area contributed by atoms with E-state index in [0.717, 1.165) is 38.7 Å². The molecule has 0 saturated carbocycles. The van der Waals surface area contributed by atoms with Gasteiger partial charge in [-0.15, -0.1) is 0 Å². The van der Waals surface area contributed by atoms with Crippen molar-refractivity contribution in [3.63, 3.8) is 0 Å². The van der Waals surface area contributed by atoms with Crippen molar-refractivity contribution < 1.29 is 16.8 Å². The number of likely N-dealkylation sites (tertiary alicyclic amines) is 1. The second kappa shape index (κ2) is 8.95. The van der Waals surface area contributed by atoms with Crippen LogP contribution in [0.2, 0.25) is 0 Å². The standard InChI is InChI=1S/C21H28N2O4S2/c1-17-7-9-19(10-8-17)16-23-13-11-18(12-14-23)15-22-29(26,27)21-6-4-3-5-20(21)28(2,24)25/h3-10,18,22H,11-16H2,1-2H3. The number of rotatable bonds is 7. The lowest BCUT2D eigenvalue weighted by atomic mass is 9.97. The van der Waals surface area contributed by atoms with E-state index in [9.17, 15) is 16.8 Å². The molecule has 2 aromatic carbocycles. The summed E-state index contributed by atoms with van der Waals surface area (Å²) in [5.41, 5.74) is 2.53. The Morgan fingerprint density at radius 1 is 0.931 bits per heavy atom. The van der Waals surface area contributed by atoms with Crippen molar-refractivity contribution in [2.45, 2.75) is 36.1 Å². The number of benzene rings is 2. The van der Waals surface area contributed by atoms with Crippen molar-refractivity contribution in [3.8, 4) is 0 Å². The van der Waals surface area contributed by atoms with Crippen LogP contribution in [0, 0.1) is 12.8 Å². The Morgan fingerprint density at radius 3 is 2.10 bits per heavy atom. The van der Waals surface area contributed by atoms with Gasteiger partial charge >= 0.3 is 0 Å². The van der Waals surface area contributed by atoms with Crippen LogP contribution in [-0.2, 0) is 26.4 Å². The number of hydrogen-bond donors (Lipinski definition) is 1. The van der Waals surface area contributed by atoms with Gasteiger partial charge in [0.15, 0.2) is 9.84 Å². The van der Waals surface area contributed by atoms with E-state index in [-0.39, 0.29) is 15.7 Å². The van der Waals surface area contributed by atoms with E-state index in [0.29, 0.717) is 6.54 Å². The molecule has 1 heterocycles. The molecule has 0 unspecified atom stereocenters. The van der Waals surface area contributed by atoms with Crippen molar-refractivity contribution in [1.82, 2.24) is 9.62 Å². The fourth-order valence-corrected chi connectivity index (χ4v) is 6.33. The third kappa shape index (κ3) is 5.88. The topological polar surface area (TPSA) is 83.6 Å². The van der Waals surface area contributed by atoms with Gasteiger partial charge in [0.25, 0.3) is 0 Å². The highest BCUT2D eigenvalue weighted by atomic mass is 32.2. The number of aryl methyl sites for hydroxylation is 1. The summed E-state index contributed by atoms with van der Waals surface area (Å²) < 4.78 is 51.8. The number of hydrogen-bond acceptors (Lipinski definition) is 5. The van der Waals surface area contributed by atoms with Crippen LogP contribution in [0.5, 0.6) is 0 Å². The lowest BCUT2D eigenvalue weighted by Gasteiger charge is -2.32. The molecule has 0 bridgehead atoms. The second-order valence-corrected chi connectivity index (χ2v) is 11.5. The highest BCUT2D eigenvalue weighted by Crippen LogP contribution is 2.22. The molecule has 8 heteroatoms. The monoisotopic (exact) mass is 436 g/mol. The number of sulfone groups is 1. The molecule has 0 atom stereocenters. The van der Waals surface area contributed by atoms with Gasteiger partial charge in [-0.1, -0.05) is 42.0 Å². The number of piperidine rings is 1. The average molecular weight is 437 g/mol. The van der Waals surface area contributed by atoms with Gasteiger partial charge in [-0.05, 0) is 56.5 Å². The molecular formula is C21H28N2O4S2. The molecule has 0 spiro atoms. The molecule has 3 rings (SSSR count). The van der Waals surface area contributed by atoms with E-state index in [1.165, 1.54) is 35.4 Å². The first kappa shape index (κ1) is 22.0. The zero-order valence-corrected chi connectivity index (χ0v) is 18.5. The molecule has 6 nitrogen and oxygen atoms in total. The van der Waals surface area contributed by atoms with Crippen LogP contribution in [0.3, 0.4) is 0 Å². The third-order valence-electron chi connectivity index (χ3n) is 5.33. The normalized spacial score (nSPS) is 16.8. The Hall–Kier alpha value is -1.74. The summed E-state index contributed by atoms with van der Waals surface area (Å²) in [5, 5.41) is 0. The lowest BCUT2D eigenvalue weighted by Crippen LogP contribution is -2.38. The molecule has 158 valence electrons. The summed E-state index contributed by atoms with van der Waals surface area (Å²) in [6, 6.07) is 14.3. The first-order valence-corrected chi connectivity index (χ1v) is 13.1. The Labute approximate surface area is 173 Å². The predicted octanol–water partition coefficient (Wildman–Crippen LogP) is 2.59. The molecule has 1 fully saturated rings. The minimum atomic E-state index is -3.88. The minimum Gasteiger partial charge on any atom is -0.299 e. The zero-order chi connectivity index (χ0) is 21.1. The maximum absolute atomic E-state index is 12.7. The maximum atomic E-state index is 12.7. The van der Waals surface area contributed by atoms with E-state index in [2.05, 4.69) is 40.8 Å². The molecule has 0 amide bonds. The van der Waals surface area contributed by atoms with Gasteiger partial charge in [0.1, 0.15) is 4.90 Å². The van der Waals surface area contributed by atoms with Gasteiger partial charge in [-0.25, -0.2) is 21.6 Å². The van der Waals surface area contributed by atoms with Crippen LogP contribution < -0.4 is 4.72 Å². The molecule has 1 aliphatic rings. The van der Waals surface area contributed by atoms with Crippen molar-refractivity contribution in [2.24, 2.45) is 5.92 Å². The summed E-state index contributed by atoms with van der Waals surface area (Å²) >= 11 is 0. The lowest BCUT2D eigenvalue weighted by molar-refractivity contribution is 0.178. The van der Waals surface area contributed by atoms with Crippen LogP contribution in [0.25, 0.3) is 0 Å². The van der Waals surface area contributed by atoms with E-state index in [1.54, 1.807) is 0 Å². The third-order valence-corrected chi connectivity index (χ3v) is 8.10. The summed E-state index contributed by atoms with van der Waals surface area (Å²) in [4.78, 5) is 2.04. The summed E-state index contributed by atoms with van der Waals surface area (Å²) in [5.74, 6) is 0.240. The van der Waals surface area contributed by atoms with Crippen LogP contribution >= 0.6 is 0 Å². The number of nitrogens with one attached hydrogen (secondary N) is 1. The smallest absolute Gasteiger partial charge is 0.241 e. The van der Waals surface area contributed by atoms with E-state index >= 15 is 0 Å². The largest absolute Gasteiger partial charge is 0.299 e. The summed E-state index contributed by atoms with van der Waals surface area (Å²) in [6.07, 6.45) is 2.83. The fraction of sp³-hybridized carbons (Fsp3) is 0.429. The Balaban J connectivity index is 1.56. The number of nitrogens with zero attached hydrogens (tertiary/aromatic N) is 1. The average Bonchev–Trinajstić information content (AvgIpc) is 2.69. The van der Waals surface area contributed by atoms with Crippen molar-refractivity contribution in [1.29, 1.82) is 0 Å². The summed E-state index contributed by atoms with van der Waals surface area (Å²) in [7, 11) is -7.51. The van der Waals surface area contributed by atoms with E-state index in [4.69, 9.17) is 0 Å². The molecule has 0 radical (unpaired) electrons. The highest BCUT2D eigenvalue weighted by Gasteiger charge is 2.25. The minimum absolute atomic E-state index is 0.166. The maximum Gasteiger partial charge on any atom is 0.241 e. The van der Waals surface area contributed by atoms with Gasteiger partial charge in [0.05, 0.1) is 4.90 Å². The Kier molecular flexibility index (Phi) is 6.78. The Bertz CT molecular complexity index is 1040. The number of sulfonamides is 1.